The minimum absolute atomic E-state index is 0.0363. The van der Waals surface area contributed by atoms with Gasteiger partial charge in [0.1, 0.15) is 5.82 Å². The third-order valence-electron chi connectivity index (χ3n) is 6.78. The van der Waals surface area contributed by atoms with E-state index in [1.54, 1.807) is 42.6 Å². The summed E-state index contributed by atoms with van der Waals surface area (Å²) in [6.45, 7) is 0.427. The van der Waals surface area contributed by atoms with Crippen molar-refractivity contribution in [3.63, 3.8) is 0 Å². The van der Waals surface area contributed by atoms with E-state index in [-0.39, 0.29) is 17.6 Å². The summed E-state index contributed by atoms with van der Waals surface area (Å²) in [6.07, 6.45) is 5.14. The zero-order valence-corrected chi connectivity index (χ0v) is 17.0. The number of carbonyl (C=O) groups is 1. The van der Waals surface area contributed by atoms with Crippen LogP contribution in [0.5, 0.6) is 0 Å². The fourth-order valence-corrected chi connectivity index (χ4v) is 4.98. The van der Waals surface area contributed by atoms with E-state index >= 15 is 0 Å². The number of halogens is 1. The lowest BCUT2D eigenvalue weighted by Crippen LogP contribution is -2.59. The van der Waals surface area contributed by atoms with E-state index in [9.17, 15) is 9.18 Å². The van der Waals surface area contributed by atoms with E-state index in [1.165, 1.54) is 6.07 Å². The fourth-order valence-electron chi connectivity index (χ4n) is 4.98. The largest absolute Gasteiger partial charge is 0.373 e. The van der Waals surface area contributed by atoms with Crippen molar-refractivity contribution >= 4 is 22.5 Å². The first-order valence-corrected chi connectivity index (χ1v) is 10.6. The summed E-state index contributed by atoms with van der Waals surface area (Å²) in [5.74, 6) is -0.179. The van der Waals surface area contributed by atoms with E-state index in [4.69, 9.17) is 10.00 Å². The molecular weight excluding hydrogens is 393 g/mol. The van der Waals surface area contributed by atoms with Gasteiger partial charge in [0.25, 0.3) is 0 Å². The predicted molar refractivity (Wildman–Crippen MR) is 115 cm³/mol. The highest BCUT2D eigenvalue weighted by molar-refractivity contribution is 5.94. The van der Waals surface area contributed by atoms with E-state index in [0.29, 0.717) is 23.8 Å². The van der Waals surface area contributed by atoms with Crippen LogP contribution in [0.3, 0.4) is 0 Å². The third-order valence-corrected chi connectivity index (χ3v) is 6.78. The van der Waals surface area contributed by atoms with Crippen LogP contribution in [0.25, 0.3) is 10.9 Å². The van der Waals surface area contributed by atoms with Crippen LogP contribution >= 0.6 is 0 Å². The second-order valence-electron chi connectivity index (χ2n) is 8.44. The van der Waals surface area contributed by atoms with E-state index in [2.05, 4.69) is 16.4 Å². The number of rotatable bonds is 3. The summed E-state index contributed by atoms with van der Waals surface area (Å²) in [5.41, 5.74) is 2.76. The second-order valence-corrected chi connectivity index (χ2v) is 8.44. The van der Waals surface area contributed by atoms with Gasteiger partial charge in [-0.15, -0.1) is 0 Å². The van der Waals surface area contributed by atoms with Crippen molar-refractivity contribution in [2.75, 3.05) is 11.9 Å². The standard InChI is InChI=1S/C25H22FN3O2/c26-18-3-6-23-21(13-18)20(9-12-28-23)17-7-10-25(11-8-17)22(15-31-25)24(30)29-19-4-1-16(14-27)2-5-19/h1-6,9,12-13,17,22H,7-8,10-11,15H2,(H,29,30). The van der Waals surface area contributed by atoms with Gasteiger partial charge in [0.2, 0.25) is 5.91 Å². The molecule has 156 valence electrons. The van der Waals surface area contributed by atoms with Crippen LogP contribution in [0.1, 0.15) is 42.7 Å². The number of anilines is 1. The van der Waals surface area contributed by atoms with Crippen LogP contribution in [0, 0.1) is 23.1 Å². The van der Waals surface area contributed by atoms with Gasteiger partial charge in [-0.2, -0.15) is 5.26 Å². The van der Waals surface area contributed by atoms with Crippen LogP contribution in [-0.2, 0) is 9.53 Å². The molecule has 1 atom stereocenters. The summed E-state index contributed by atoms with van der Waals surface area (Å²) >= 11 is 0. The van der Waals surface area contributed by atoms with Crippen LogP contribution in [0.4, 0.5) is 10.1 Å². The monoisotopic (exact) mass is 415 g/mol. The minimum Gasteiger partial charge on any atom is -0.373 e. The van der Waals surface area contributed by atoms with Crippen LogP contribution in [0.15, 0.2) is 54.7 Å². The van der Waals surface area contributed by atoms with Crippen molar-refractivity contribution < 1.29 is 13.9 Å². The summed E-state index contributed by atoms with van der Waals surface area (Å²) in [4.78, 5) is 17.2. The molecule has 2 heterocycles. The molecule has 3 aromatic rings. The average Bonchev–Trinajstić information content (AvgIpc) is 2.78. The van der Waals surface area contributed by atoms with Gasteiger partial charge < -0.3 is 10.1 Å². The molecule has 0 bridgehead atoms. The van der Waals surface area contributed by atoms with Gasteiger partial charge >= 0.3 is 0 Å². The normalized spacial score (nSPS) is 25.0. The average molecular weight is 415 g/mol. The first-order chi connectivity index (χ1) is 15.1. The molecule has 1 unspecified atom stereocenters. The topological polar surface area (TPSA) is 75.0 Å². The number of fused-ring (bicyclic) bond motifs is 1. The van der Waals surface area contributed by atoms with Gasteiger partial charge in [0.15, 0.2) is 0 Å². The van der Waals surface area contributed by atoms with E-state index in [0.717, 1.165) is 42.1 Å². The Bertz CT molecular complexity index is 1180. The van der Waals surface area contributed by atoms with Crippen LogP contribution < -0.4 is 5.32 Å². The van der Waals surface area contributed by atoms with E-state index in [1.807, 2.05) is 6.07 Å². The summed E-state index contributed by atoms with van der Waals surface area (Å²) in [5, 5.41) is 12.7. The smallest absolute Gasteiger partial charge is 0.232 e. The highest BCUT2D eigenvalue weighted by atomic mass is 19.1. The summed E-state index contributed by atoms with van der Waals surface area (Å²) in [7, 11) is 0. The number of pyridine rings is 1. The Kier molecular flexibility index (Phi) is 4.91. The quantitative estimate of drug-likeness (QED) is 0.658. The maximum Gasteiger partial charge on any atom is 0.232 e. The minimum atomic E-state index is -0.415. The molecule has 1 spiro atoms. The molecule has 2 aliphatic rings. The SMILES string of the molecule is N#Cc1ccc(NC(=O)C2COC23CCC(c2ccnc4ccc(F)cc24)CC3)cc1. The van der Waals surface area contributed by atoms with Gasteiger partial charge in [-0.1, -0.05) is 0 Å². The molecule has 2 aromatic carbocycles. The highest BCUT2D eigenvalue weighted by Crippen LogP contribution is 2.49. The fraction of sp³-hybridized carbons (Fsp3) is 0.320. The third kappa shape index (κ3) is 3.55. The van der Waals surface area contributed by atoms with Crippen molar-refractivity contribution in [1.29, 1.82) is 5.26 Å². The molecule has 1 aliphatic heterocycles. The number of carbonyl (C=O) groups excluding carboxylic acids is 1. The number of aromatic nitrogens is 1. The molecule has 1 aromatic heterocycles. The molecule has 1 amide bonds. The molecule has 1 saturated carbocycles. The molecule has 6 heteroatoms. The lowest BCUT2D eigenvalue weighted by Gasteiger charge is -2.52. The zero-order valence-electron chi connectivity index (χ0n) is 17.0. The number of amides is 1. The molecule has 1 N–H and O–H groups in total. The van der Waals surface area contributed by atoms with Crippen molar-refractivity contribution in [3.8, 4) is 6.07 Å². The van der Waals surface area contributed by atoms with Crippen LogP contribution in [-0.4, -0.2) is 23.1 Å². The summed E-state index contributed by atoms with van der Waals surface area (Å²) < 4.78 is 19.8. The van der Waals surface area contributed by atoms with Crippen LogP contribution in [0.2, 0.25) is 0 Å². The van der Waals surface area contributed by atoms with Crippen molar-refractivity contribution in [2.24, 2.45) is 5.92 Å². The first kappa shape index (κ1) is 19.7. The molecule has 1 saturated heterocycles. The van der Waals surface area contributed by atoms with Crippen molar-refractivity contribution in [1.82, 2.24) is 4.98 Å². The molecule has 31 heavy (non-hydrogen) atoms. The number of hydrogen-bond acceptors (Lipinski definition) is 4. The Balaban J connectivity index is 1.28. The molecule has 5 nitrogen and oxygen atoms in total. The maximum absolute atomic E-state index is 13.8. The molecule has 0 radical (unpaired) electrons. The van der Waals surface area contributed by atoms with Gasteiger partial charge in [0, 0.05) is 17.3 Å². The number of hydrogen-bond donors (Lipinski definition) is 1. The van der Waals surface area contributed by atoms with E-state index < -0.39 is 5.60 Å². The zero-order chi connectivity index (χ0) is 21.4. The molecule has 1 aliphatic carbocycles. The molecule has 2 fully saturated rings. The molecular formula is C25H22FN3O2. The highest BCUT2D eigenvalue weighted by Gasteiger charge is 2.53. The second kappa shape index (κ2) is 7.75. The Morgan fingerprint density at radius 2 is 1.94 bits per heavy atom. The Labute approximate surface area is 179 Å². The van der Waals surface area contributed by atoms with Crippen molar-refractivity contribution in [2.45, 2.75) is 37.2 Å². The maximum atomic E-state index is 13.8. The summed E-state index contributed by atoms with van der Waals surface area (Å²) in [6, 6.07) is 15.7. The lowest BCUT2D eigenvalue weighted by molar-refractivity contribution is -0.216. The van der Waals surface area contributed by atoms with Gasteiger partial charge in [-0.25, -0.2) is 4.39 Å². The number of nitrogens with one attached hydrogen (secondary N) is 1. The Hall–Kier alpha value is -3.30. The van der Waals surface area contributed by atoms with Crippen molar-refractivity contribution in [3.05, 3.63) is 71.7 Å². The number of nitrogens with zero attached hydrogens (tertiary/aromatic N) is 2. The van der Waals surface area contributed by atoms with Gasteiger partial charge in [-0.3, -0.25) is 9.78 Å². The lowest BCUT2D eigenvalue weighted by atomic mass is 9.67. The number of benzene rings is 2. The predicted octanol–water partition coefficient (Wildman–Crippen LogP) is 4.93. The van der Waals surface area contributed by atoms with Gasteiger partial charge in [0.05, 0.1) is 35.3 Å². The Morgan fingerprint density at radius 1 is 1.16 bits per heavy atom. The van der Waals surface area contributed by atoms with Gasteiger partial charge in [-0.05, 0) is 85.7 Å². The molecule has 5 rings (SSSR count). The number of nitriles is 1. The number of ether oxygens (including phenoxy) is 1. The first-order valence-electron chi connectivity index (χ1n) is 10.6. The Morgan fingerprint density at radius 3 is 2.61 bits per heavy atom.